The standard InChI is InChI=1S/C15H24/c1-11(2)13-8-10-15(4)9-7-12(3)5-6-14(13)15/h7,13-14H,1,5-6,8-10H2,2-4H3/t13?,14?,15-/m1/s1. The van der Waals surface area contributed by atoms with Crippen LogP contribution in [0, 0.1) is 17.3 Å². The number of hydrogen-bond acceptors (Lipinski definition) is 0. The Morgan fingerprint density at radius 3 is 2.87 bits per heavy atom. The lowest BCUT2D eigenvalue weighted by atomic mass is 9.72. The maximum Gasteiger partial charge on any atom is -0.0175 e. The van der Waals surface area contributed by atoms with Crippen LogP contribution in [-0.2, 0) is 0 Å². The van der Waals surface area contributed by atoms with Crippen LogP contribution in [0.2, 0.25) is 0 Å². The Labute approximate surface area is 94.5 Å². The van der Waals surface area contributed by atoms with Gasteiger partial charge >= 0.3 is 0 Å². The molecule has 0 aliphatic heterocycles. The average molecular weight is 204 g/mol. The quantitative estimate of drug-likeness (QED) is 0.542. The zero-order chi connectivity index (χ0) is 11.1. The number of hydrogen-bond donors (Lipinski definition) is 0. The molecular weight excluding hydrogens is 180 g/mol. The molecule has 0 heterocycles. The molecule has 0 bridgehead atoms. The molecule has 1 fully saturated rings. The number of fused-ring (bicyclic) bond motifs is 1. The van der Waals surface area contributed by atoms with Crippen molar-refractivity contribution in [1.29, 1.82) is 0 Å². The van der Waals surface area contributed by atoms with Gasteiger partial charge in [0.25, 0.3) is 0 Å². The first-order chi connectivity index (χ1) is 7.03. The van der Waals surface area contributed by atoms with Crippen LogP contribution >= 0.6 is 0 Å². The Bertz CT molecular complexity index is 297. The minimum Gasteiger partial charge on any atom is -0.0999 e. The van der Waals surface area contributed by atoms with E-state index in [1.54, 1.807) is 5.57 Å². The van der Waals surface area contributed by atoms with Crippen LogP contribution in [-0.4, -0.2) is 0 Å². The van der Waals surface area contributed by atoms with Crippen molar-refractivity contribution in [3.05, 3.63) is 23.8 Å². The van der Waals surface area contributed by atoms with E-state index in [2.05, 4.69) is 33.4 Å². The zero-order valence-corrected chi connectivity index (χ0v) is 10.5. The Hall–Kier alpha value is -0.520. The van der Waals surface area contributed by atoms with Crippen LogP contribution in [0.4, 0.5) is 0 Å². The average Bonchev–Trinajstić information content (AvgIpc) is 2.43. The van der Waals surface area contributed by atoms with Crippen molar-refractivity contribution >= 4 is 0 Å². The van der Waals surface area contributed by atoms with E-state index in [9.17, 15) is 0 Å². The van der Waals surface area contributed by atoms with Crippen molar-refractivity contribution < 1.29 is 0 Å². The summed E-state index contributed by atoms with van der Waals surface area (Å²) in [6, 6.07) is 0. The van der Waals surface area contributed by atoms with Gasteiger partial charge in [-0.1, -0.05) is 30.7 Å². The van der Waals surface area contributed by atoms with Crippen molar-refractivity contribution in [3.8, 4) is 0 Å². The van der Waals surface area contributed by atoms with Gasteiger partial charge in [0.15, 0.2) is 0 Å². The lowest BCUT2D eigenvalue weighted by Crippen LogP contribution is -2.24. The molecule has 0 nitrogen and oxygen atoms in total. The van der Waals surface area contributed by atoms with Crippen LogP contribution in [0.3, 0.4) is 0 Å². The van der Waals surface area contributed by atoms with E-state index >= 15 is 0 Å². The van der Waals surface area contributed by atoms with E-state index in [0.717, 1.165) is 11.8 Å². The maximum atomic E-state index is 4.19. The zero-order valence-electron chi connectivity index (χ0n) is 10.5. The second kappa shape index (κ2) is 3.81. The van der Waals surface area contributed by atoms with Crippen LogP contribution in [0.5, 0.6) is 0 Å². The van der Waals surface area contributed by atoms with E-state index in [1.165, 1.54) is 37.7 Å². The number of allylic oxidation sites excluding steroid dienone is 3. The summed E-state index contributed by atoms with van der Waals surface area (Å²) in [6.07, 6.45) is 9.26. The minimum absolute atomic E-state index is 0.571. The Morgan fingerprint density at radius 1 is 1.47 bits per heavy atom. The number of rotatable bonds is 1. The highest BCUT2D eigenvalue weighted by Crippen LogP contribution is 2.54. The first kappa shape index (κ1) is 11.0. The summed E-state index contributed by atoms with van der Waals surface area (Å²) in [5.74, 6) is 1.69. The van der Waals surface area contributed by atoms with E-state index in [0.29, 0.717) is 5.41 Å². The fourth-order valence-corrected chi connectivity index (χ4v) is 3.64. The lowest BCUT2D eigenvalue weighted by Gasteiger charge is -2.32. The van der Waals surface area contributed by atoms with E-state index in [1.807, 2.05) is 0 Å². The van der Waals surface area contributed by atoms with Crippen molar-refractivity contribution in [2.45, 2.75) is 52.9 Å². The van der Waals surface area contributed by atoms with Crippen LogP contribution in [0.25, 0.3) is 0 Å². The molecular formula is C15H24. The third-order valence-corrected chi connectivity index (χ3v) is 4.81. The molecule has 0 amide bonds. The lowest BCUT2D eigenvalue weighted by molar-refractivity contribution is 0.201. The maximum absolute atomic E-state index is 4.19. The largest absolute Gasteiger partial charge is 0.0999 e. The normalized spacial score (nSPS) is 40.6. The molecule has 0 aromatic rings. The molecule has 1 saturated carbocycles. The summed E-state index contributed by atoms with van der Waals surface area (Å²) in [5, 5.41) is 0. The van der Waals surface area contributed by atoms with E-state index in [-0.39, 0.29) is 0 Å². The van der Waals surface area contributed by atoms with Gasteiger partial charge in [-0.05, 0) is 63.2 Å². The van der Waals surface area contributed by atoms with Gasteiger partial charge in [0.05, 0.1) is 0 Å². The van der Waals surface area contributed by atoms with Gasteiger partial charge in [-0.25, -0.2) is 0 Å². The topological polar surface area (TPSA) is 0 Å². The minimum atomic E-state index is 0.571. The van der Waals surface area contributed by atoms with Crippen LogP contribution in [0.15, 0.2) is 23.8 Å². The van der Waals surface area contributed by atoms with E-state index in [4.69, 9.17) is 0 Å². The second-order valence-corrected chi connectivity index (χ2v) is 6.05. The molecule has 2 aliphatic carbocycles. The molecule has 0 aromatic heterocycles. The highest BCUT2D eigenvalue weighted by molar-refractivity contribution is 5.13. The van der Waals surface area contributed by atoms with Gasteiger partial charge < -0.3 is 0 Å². The third-order valence-electron chi connectivity index (χ3n) is 4.81. The SMILES string of the molecule is C=C(C)C1CC[C@@]2(C)CC=C(C)CCC12. The van der Waals surface area contributed by atoms with Crippen LogP contribution < -0.4 is 0 Å². The predicted octanol–water partition coefficient (Wildman–Crippen LogP) is 4.73. The molecule has 15 heavy (non-hydrogen) atoms. The summed E-state index contributed by atoms with van der Waals surface area (Å²) in [4.78, 5) is 0. The van der Waals surface area contributed by atoms with Gasteiger partial charge in [-0.3, -0.25) is 0 Å². The molecule has 3 atom stereocenters. The summed E-state index contributed by atoms with van der Waals surface area (Å²) in [6.45, 7) is 11.2. The highest BCUT2D eigenvalue weighted by atomic mass is 14.5. The van der Waals surface area contributed by atoms with Gasteiger partial charge in [0.1, 0.15) is 0 Å². The summed E-state index contributed by atoms with van der Waals surface area (Å²) in [5.41, 5.74) is 3.59. The Balaban J connectivity index is 2.22. The van der Waals surface area contributed by atoms with Gasteiger partial charge in [-0.2, -0.15) is 0 Å². The summed E-state index contributed by atoms with van der Waals surface area (Å²) < 4.78 is 0. The second-order valence-electron chi connectivity index (χ2n) is 6.05. The Kier molecular flexibility index (Phi) is 2.79. The van der Waals surface area contributed by atoms with Crippen molar-refractivity contribution in [2.24, 2.45) is 17.3 Å². The first-order valence-electron chi connectivity index (χ1n) is 6.34. The van der Waals surface area contributed by atoms with Gasteiger partial charge in [0, 0.05) is 0 Å². The molecule has 0 radical (unpaired) electrons. The predicted molar refractivity (Wildman–Crippen MR) is 66.7 cm³/mol. The van der Waals surface area contributed by atoms with Gasteiger partial charge in [-0.15, -0.1) is 0 Å². The third kappa shape index (κ3) is 1.91. The van der Waals surface area contributed by atoms with Crippen molar-refractivity contribution in [3.63, 3.8) is 0 Å². The highest BCUT2D eigenvalue weighted by Gasteiger charge is 2.44. The monoisotopic (exact) mass is 204 g/mol. The van der Waals surface area contributed by atoms with Crippen LogP contribution in [0.1, 0.15) is 52.9 Å². The Morgan fingerprint density at radius 2 is 2.20 bits per heavy atom. The fourth-order valence-electron chi connectivity index (χ4n) is 3.64. The first-order valence-corrected chi connectivity index (χ1v) is 6.34. The van der Waals surface area contributed by atoms with E-state index < -0.39 is 0 Å². The summed E-state index contributed by atoms with van der Waals surface area (Å²) in [7, 11) is 0. The molecule has 0 N–H and O–H groups in total. The van der Waals surface area contributed by atoms with Gasteiger partial charge in [0.2, 0.25) is 0 Å². The molecule has 0 heteroatoms. The fraction of sp³-hybridized carbons (Fsp3) is 0.733. The molecule has 84 valence electrons. The van der Waals surface area contributed by atoms with Crippen molar-refractivity contribution in [2.75, 3.05) is 0 Å². The smallest absolute Gasteiger partial charge is 0.0175 e. The molecule has 0 spiro atoms. The van der Waals surface area contributed by atoms with Crippen molar-refractivity contribution in [1.82, 2.24) is 0 Å². The molecule has 0 saturated heterocycles. The molecule has 2 aliphatic rings. The molecule has 0 aromatic carbocycles. The molecule has 2 rings (SSSR count). The molecule has 2 unspecified atom stereocenters. The summed E-state index contributed by atoms with van der Waals surface area (Å²) >= 11 is 0.